The van der Waals surface area contributed by atoms with Gasteiger partial charge in [0.25, 0.3) is 0 Å². The van der Waals surface area contributed by atoms with Gasteiger partial charge in [-0.15, -0.1) is 0 Å². The highest BCUT2D eigenvalue weighted by Gasteiger charge is 2.20. The zero-order chi connectivity index (χ0) is 13.9. The number of hydrogen-bond donors (Lipinski definition) is 0. The second kappa shape index (κ2) is 5.94. The summed E-state index contributed by atoms with van der Waals surface area (Å²) in [6.07, 6.45) is 1.72. The van der Waals surface area contributed by atoms with E-state index in [-0.39, 0.29) is 12.5 Å². The van der Waals surface area contributed by atoms with Gasteiger partial charge < -0.3 is 0 Å². The van der Waals surface area contributed by atoms with Crippen LogP contribution in [0.4, 0.5) is 5.69 Å². The largest absolute Gasteiger partial charge is 0.350 e. The number of nitro groups is 1. The summed E-state index contributed by atoms with van der Waals surface area (Å²) in [5.74, 6) is 0.0809. The minimum absolute atomic E-state index is 0.0809. The second-order valence-corrected chi connectivity index (χ2v) is 4.66. The van der Waals surface area contributed by atoms with Crippen molar-refractivity contribution in [3.05, 3.63) is 37.1 Å². The summed E-state index contributed by atoms with van der Waals surface area (Å²) in [7, 11) is 1.39. The lowest BCUT2D eigenvalue weighted by molar-refractivity contribution is -0.387. The van der Waals surface area contributed by atoms with Crippen LogP contribution < -0.4 is 11.2 Å². The van der Waals surface area contributed by atoms with Gasteiger partial charge in [0.1, 0.15) is 0 Å². The van der Waals surface area contributed by atoms with Crippen LogP contribution in [0.2, 0.25) is 0 Å². The molecule has 0 N–H and O–H groups in total. The molecule has 0 aliphatic heterocycles. The van der Waals surface area contributed by atoms with E-state index in [0.717, 1.165) is 21.8 Å². The fraction of sp³-hybridized carbons (Fsp3) is 0.600. The van der Waals surface area contributed by atoms with E-state index in [1.54, 1.807) is 0 Å². The molecule has 0 aliphatic rings. The highest BCUT2D eigenvalue weighted by Crippen LogP contribution is 2.08. The zero-order valence-electron chi connectivity index (χ0n) is 10.1. The van der Waals surface area contributed by atoms with Crippen molar-refractivity contribution < 1.29 is 4.92 Å². The summed E-state index contributed by atoms with van der Waals surface area (Å²) in [5, 5.41) is 11.4. The number of aryl methyl sites for hydroxylation is 1. The predicted molar refractivity (Wildman–Crippen MR) is 70.2 cm³/mol. The van der Waals surface area contributed by atoms with Crippen molar-refractivity contribution in [3.8, 4) is 0 Å². The van der Waals surface area contributed by atoms with Gasteiger partial charge in [0.15, 0.2) is 0 Å². The van der Waals surface area contributed by atoms with E-state index in [0.29, 0.717) is 5.33 Å². The first-order chi connectivity index (χ1) is 8.42. The Morgan fingerprint density at radius 1 is 1.50 bits per heavy atom. The van der Waals surface area contributed by atoms with E-state index < -0.39 is 21.9 Å². The summed E-state index contributed by atoms with van der Waals surface area (Å²) < 4.78 is 1.98. The molecule has 1 unspecified atom stereocenters. The number of rotatable bonds is 5. The number of alkyl halides is 1. The Bertz CT molecular complexity index is 559. The Balaban J connectivity index is 3.38. The van der Waals surface area contributed by atoms with E-state index in [4.69, 9.17) is 0 Å². The van der Waals surface area contributed by atoms with Crippen molar-refractivity contribution in [1.82, 2.24) is 9.13 Å². The van der Waals surface area contributed by atoms with Crippen molar-refractivity contribution in [1.29, 1.82) is 0 Å². The van der Waals surface area contributed by atoms with Gasteiger partial charge in [-0.1, -0.05) is 29.3 Å². The third-order valence-electron chi connectivity index (χ3n) is 2.75. The van der Waals surface area contributed by atoms with Gasteiger partial charge >= 0.3 is 16.9 Å². The molecule has 0 saturated heterocycles. The lowest BCUT2D eigenvalue weighted by Crippen LogP contribution is -2.41. The average Bonchev–Trinajstić information content (AvgIpc) is 2.34. The first kappa shape index (κ1) is 14.6. The molecule has 0 spiro atoms. The van der Waals surface area contributed by atoms with Crippen molar-refractivity contribution in [2.24, 2.45) is 13.0 Å². The van der Waals surface area contributed by atoms with Gasteiger partial charge in [-0.3, -0.25) is 24.0 Å². The molecule has 7 nitrogen and oxygen atoms in total. The van der Waals surface area contributed by atoms with E-state index in [9.17, 15) is 19.7 Å². The molecule has 1 atom stereocenters. The summed E-state index contributed by atoms with van der Waals surface area (Å²) in [6, 6.07) is 0. The second-order valence-electron chi connectivity index (χ2n) is 4.01. The minimum atomic E-state index is -0.845. The Morgan fingerprint density at radius 2 is 2.11 bits per heavy atom. The molecule has 0 bridgehead atoms. The fourth-order valence-electron chi connectivity index (χ4n) is 1.54. The third-order valence-corrected chi connectivity index (χ3v) is 3.66. The topological polar surface area (TPSA) is 87.1 Å². The molecule has 18 heavy (non-hydrogen) atoms. The van der Waals surface area contributed by atoms with Crippen molar-refractivity contribution in [2.75, 3.05) is 5.33 Å². The van der Waals surface area contributed by atoms with E-state index >= 15 is 0 Å². The summed E-state index contributed by atoms with van der Waals surface area (Å²) in [4.78, 5) is 33.6. The molecule has 1 rings (SSSR count). The van der Waals surface area contributed by atoms with E-state index in [1.807, 2.05) is 6.92 Å². The van der Waals surface area contributed by atoms with E-state index in [1.165, 1.54) is 7.05 Å². The molecule has 0 radical (unpaired) electrons. The molecule has 0 fully saturated rings. The monoisotopic (exact) mass is 319 g/mol. The SMILES string of the molecule is CCC(CBr)Cn1c(=O)c([N+](=O)[O-])cn(C)c1=O. The predicted octanol–water partition coefficient (Wildman–Crippen LogP) is 0.876. The number of aromatic nitrogens is 2. The first-order valence-corrected chi connectivity index (χ1v) is 6.55. The van der Waals surface area contributed by atoms with Gasteiger partial charge in [0.05, 0.1) is 11.1 Å². The van der Waals surface area contributed by atoms with Crippen LogP contribution in [0, 0.1) is 16.0 Å². The molecule has 1 heterocycles. The normalized spacial score (nSPS) is 12.4. The zero-order valence-corrected chi connectivity index (χ0v) is 11.7. The number of halogens is 1. The van der Waals surface area contributed by atoms with Crippen LogP contribution in [0.3, 0.4) is 0 Å². The minimum Gasteiger partial charge on any atom is -0.297 e. The Kier molecular flexibility index (Phi) is 4.83. The van der Waals surface area contributed by atoms with Gasteiger partial charge in [0.2, 0.25) is 0 Å². The van der Waals surface area contributed by atoms with Crippen LogP contribution in [0.1, 0.15) is 13.3 Å². The summed E-state index contributed by atoms with van der Waals surface area (Å²) in [6.45, 7) is 2.10. The smallest absolute Gasteiger partial charge is 0.297 e. The number of hydrogen-bond acceptors (Lipinski definition) is 4. The highest BCUT2D eigenvalue weighted by molar-refractivity contribution is 9.09. The molecular formula is C10H14BrN3O4. The van der Waals surface area contributed by atoms with Crippen LogP contribution in [0.5, 0.6) is 0 Å². The first-order valence-electron chi connectivity index (χ1n) is 5.43. The van der Waals surface area contributed by atoms with Gasteiger partial charge in [-0.2, -0.15) is 0 Å². The Morgan fingerprint density at radius 3 is 2.56 bits per heavy atom. The van der Waals surface area contributed by atoms with E-state index in [2.05, 4.69) is 15.9 Å². The van der Waals surface area contributed by atoms with Crippen molar-refractivity contribution >= 4 is 21.6 Å². The van der Waals surface area contributed by atoms with Crippen LogP contribution in [0.15, 0.2) is 15.8 Å². The Hall–Kier alpha value is -1.44. The molecule has 1 aromatic heterocycles. The number of nitrogens with zero attached hydrogens (tertiary/aromatic N) is 3. The summed E-state index contributed by atoms with van der Waals surface area (Å²) >= 11 is 3.29. The van der Waals surface area contributed by atoms with Gasteiger partial charge in [0, 0.05) is 18.9 Å². The molecule has 0 saturated carbocycles. The maximum absolute atomic E-state index is 11.8. The standard InChI is InChI=1S/C10H14BrN3O4/c1-3-7(4-11)5-13-9(15)8(14(17)18)6-12(2)10(13)16/h6-7H,3-5H2,1-2H3. The molecule has 0 aromatic carbocycles. The molecule has 1 aromatic rings. The van der Waals surface area contributed by atoms with Crippen molar-refractivity contribution in [3.63, 3.8) is 0 Å². The van der Waals surface area contributed by atoms with Crippen molar-refractivity contribution in [2.45, 2.75) is 19.9 Å². The maximum atomic E-state index is 11.8. The fourth-order valence-corrected chi connectivity index (χ4v) is 2.20. The van der Waals surface area contributed by atoms with Crippen LogP contribution in [-0.4, -0.2) is 19.4 Å². The molecular weight excluding hydrogens is 306 g/mol. The molecule has 8 heteroatoms. The highest BCUT2D eigenvalue weighted by atomic mass is 79.9. The van der Waals surface area contributed by atoms with Crippen LogP contribution >= 0.6 is 15.9 Å². The lowest BCUT2D eigenvalue weighted by Gasteiger charge is -2.13. The maximum Gasteiger partial charge on any atom is 0.350 e. The van der Waals surface area contributed by atoms with Gasteiger partial charge in [-0.25, -0.2) is 4.79 Å². The van der Waals surface area contributed by atoms with Gasteiger partial charge in [-0.05, 0) is 5.92 Å². The average molecular weight is 320 g/mol. The molecule has 100 valence electrons. The quantitative estimate of drug-likeness (QED) is 0.458. The van der Waals surface area contributed by atoms with Crippen LogP contribution in [-0.2, 0) is 13.6 Å². The third kappa shape index (κ3) is 2.87. The van der Waals surface area contributed by atoms with Crippen LogP contribution in [0.25, 0.3) is 0 Å². The molecule has 0 amide bonds. The summed E-state index contributed by atoms with van der Waals surface area (Å²) in [5.41, 5.74) is -1.96. The Labute approximate surface area is 111 Å². The molecule has 0 aliphatic carbocycles. The lowest BCUT2D eigenvalue weighted by atomic mass is 10.1.